The van der Waals surface area contributed by atoms with E-state index in [4.69, 9.17) is 5.11 Å². The predicted octanol–water partition coefficient (Wildman–Crippen LogP) is 3.44. The lowest BCUT2D eigenvalue weighted by Crippen LogP contribution is -1.96. The van der Waals surface area contributed by atoms with Crippen molar-refractivity contribution >= 4 is 17.3 Å². The van der Waals surface area contributed by atoms with Gasteiger partial charge in [0, 0.05) is 10.4 Å². The number of hydrogen-bond acceptors (Lipinski definition) is 3. The Morgan fingerprint density at radius 1 is 1.39 bits per heavy atom. The van der Waals surface area contributed by atoms with Crippen LogP contribution in [0.4, 0.5) is 0 Å². The number of benzene rings is 1. The Labute approximate surface area is 110 Å². The molecule has 0 fully saturated rings. The minimum absolute atomic E-state index is 0.163. The van der Waals surface area contributed by atoms with Gasteiger partial charge in [0.2, 0.25) is 0 Å². The van der Waals surface area contributed by atoms with E-state index in [0.717, 1.165) is 21.1 Å². The third-order valence-corrected chi connectivity index (χ3v) is 3.99. The molecule has 0 radical (unpaired) electrons. The number of nitrogens with zero attached hydrogens (tertiary/aromatic N) is 1. The Balaban J connectivity index is 2.25. The van der Waals surface area contributed by atoms with Crippen LogP contribution >= 0.6 is 11.3 Å². The maximum atomic E-state index is 10.6. The molecule has 3 nitrogen and oxygen atoms in total. The van der Waals surface area contributed by atoms with E-state index in [1.165, 1.54) is 5.56 Å². The largest absolute Gasteiger partial charge is 0.481 e. The highest BCUT2D eigenvalue weighted by Crippen LogP contribution is 2.29. The second-order valence-corrected chi connectivity index (χ2v) is 5.37. The van der Waals surface area contributed by atoms with Gasteiger partial charge in [-0.3, -0.25) is 4.79 Å². The number of aryl methyl sites for hydroxylation is 3. The minimum Gasteiger partial charge on any atom is -0.481 e. The zero-order chi connectivity index (χ0) is 13.1. The van der Waals surface area contributed by atoms with E-state index >= 15 is 0 Å². The molecule has 2 rings (SSSR count). The molecule has 0 bridgehead atoms. The highest BCUT2D eigenvalue weighted by atomic mass is 32.1. The minimum atomic E-state index is -0.764. The van der Waals surface area contributed by atoms with Crippen LogP contribution in [0.15, 0.2) is 24.3 Å². The molecule has 0 aliphatic rings. The number of carboxylic acid groups (broad SMARTS) is 1. The van der Waals surface area contributed by atoms with Gasteiger partial charge >= 0.3 is 5.97 Å². The normalized spacial score (nSPS) is 10.6. The molecule has 1 aromatic heterocycles. The number of thiazole rings is 1. The van der Waals surface area contributed by atoms with E-state index in [9.17, 15) is 4.79 Å². The van der Waals surface area contributed by atoms with Crippen molar-refractivity contribution in [1.82, 2.24) is 4.98 Å². The van der Waals surface area contributed by atoms with Crippen molar-refractivity contribution in [2.45, 2.75) is 26.7 Å². The van der Waals surface area contributed by atoms with Gasteiger partial charge in [0.1, 0.15) is 5.01 Å². The van der Waals surface area contributed by atoms with E-state index in [1.54, 1.807) is 11.3 Å². The summed E-state index contributed by atoms with van der Waals surface area (Å²) in [6.07, 6.45) is 0.723. The number of aromatic nitrogens is 1. The third kappa shape index (κ3) is 2.96. The summed E-state index contributed by atoms with van der Waals surface area (Å²) in [5, 5.41) is 9.68. The Morgan fingerprint density at radius 3 is 2.83 bits per heavy atom. The van der Waals surface area contributed by atoms with E-state index in [2.05, 4.69) is 24.0 Å². The lowest BCUT2D eigenvalue weighted by Gasteiger charge is -1.97. The molecule has 0 amide bonds. The average Bonchev–Trinajstić information content (AvgIpc) is 2.68. The summed E-state index contributed by atoms with van der Waals surface area (Å²) >= 11 is 1.59. The Bertz CT molecular complexity index is 575. The van der Waals surface area contributed by atoms with Gasteiger partial charge in [-0.05, 0) is 26.3 Å². The summed E-state index contributed by atoms with van der Waals surface area (Å²) in [6, 6.07) is 8.19. The van der Waals surface area contributed by atoms with E-state index in [1.807, 2.05) is 19.1 Å². The highest BCUT2D eigenvalue weighted by Gasteiger charge is 2.10. The molecule has 1 aromatic carbocycles. The van der Waals surface area contributed by atoms with E-state index < -0.39 is 5.97 Å². The molecular weight excluding hydrogens is 246 g/mol. The molecule has 0 aliphatic carbocycles. The molecule has 0 spiro atoms. The quantitative estimate of drug-likeness (QED) is 0.917. The van der Waals surface area contributed by atoms with Gasteiger partial charge in [-0.2, -0.15) is 0 Å². The smallest absolute Gasteiger partial charge is 0.303 e. The van der Waals surface area contributed by atoms with Gasteiger partial charge in [0.05, 0.1) is 12.1 Å². The standard InChI is InChI=1S/C14H15NO2S/c1-9-4-3-5-11(8-9)14-15-10(2)12(18-14)6-7-13(16)17/h3-5,8H,6-7H2,1-2H3,(H,16,17). The summed E-state index contributed by atoms with van der Waals surface area (Å²) in [4.78, 5) is 16.2. The van der Waals surface area contributed by atoms with Crippen molar-refractivity contribution in [3.8, 4) is 10.6 Å². The van der Waals surface area contributed by atoms with Gasteiger partial charge in [-0.15, -0.1) is 11.3 Å². The molecule has 1 N–H and O–H groups in total. The lowest BCUT2D eigenvalue weighted by molar-refractivity contribution is -0.136. The third-order valence-electron chi connectivity index (χ3n) is 2.72. The zero-order valence-corrected chi connectivity index (χ0v) is 11.3. The fourth-order valence-corrected chi connectivity index (χ4v) is 2.84. The molecule has 94 valence electrons. The number of rotatable bonds is 4. The van der Waals surface area contributed by atoms with E-state index in [-0.39, 0.29) is 6.42 Å². The van der Waals surface area contributed by atoms with Crippen LogP contribution in [-0.4, -0.2) is 16.1 Å². The monoisotopic (exact) mass is 261 g/mol. The Kier molecular flexibility index (Phi) is 3.77. The van der Waals surface area contributed by atoms with Crippen molar-refractivity contribution in [2.24, 2.45) is 0 Å². The summed E-state index contributed by atoms with van der Waals surface area (Å²) < 4.78 is 0. The molecule has 18 heavy (non-hydrogen) atoms. The number of carboxylic acids is 1. The van der Waals surface area contributed by atoms with Crippen molar-refractivity contribution in [1.29, 1.82) is 0 Å². The molecule has 4 heteroatoms. The van der Waals surface area contributed by atoms with Crippen LogP contribution in [-0.2, 0) is 11.2 Å². The zero-order valence-electron chi connectivity index (χ0n) is 10.4. The van der Waals surface area contributed by atoms with Crippen LogP contribution < -0.4 is 0 Å². The SMILES string of the molecule is Cc1cccc(-c2nc(C)c(CCC(=O)O)s2)c1. The lowest BCUT2D eigenvalue weighted by atomic mass is 10.1. The fourth-order valence-electron chi connectivity index (χ4n) is 1.78. The van der Waals surface area contributed by atoms with E-state index in [0.29, 0.717) is 6.42 Å². The summed E-state index contributed by atoms with van der Waals surface area (Å²) in [5.41, 5.74) is 3.25. The number of hydrogen-bond donors (Lipinski definition) is 1. The molecule has 0 saturated heterocycles. The molecule has 0 unspecified atom stereocenters. The topological polar surface area (TPSA) is 50.2 Å². The summed E-state index contributed by atoms with van der Waals surface area (Å²) in [6.45, 7) is 3.99. The maximum absolute atomic E-state index is 10.6. The van der Waals surface area contributed by atoms with Crippen molar-refractivity contribution < 1.29 is 9.90 Å². The van der Waals surface area contributed by atoms with Crippen LogP contribution in [0, 0.1) is 13.8 Å². The fraction of sp³-hybridized carbons (Fsp3) is 0.286. The Hall–Kier alpha value is -1.68. The summed E-state index contributed by atoms with van der Waals surface area (Å²) in [5.74, 6) is -0.764. The predicted molar refractivity (Wildman–Crippen MR) is 73.0 cm³/mol. The molecule has 0 saturated carbocycles. The molecule has 1 heterocycles. The van der Waals surface area contributed by atoms with Crippen LogP contribution in [0.25, 0.3) is 10.6 Å². The van der Waals surface area contributed by atoms with Crippen LogP contribution in [0.1, 0.15) is 22.6 Å². The van der Waals surface area contributed by atoms with Crippen molar-refractivity contribution in [3.63, 3.8) is 0 Å². The molecule has 0 atom stereocenters. The van der Waals surface area contributed by atoms with Gasteiger partial charge in [-0.25, -0.2) is 4.98 Å². The first kappa shape index (κ1) is 12.8. The first-order valence-electron chi connectivity index (χ1n) is 5.81. The van der Waals surface area contributed by atoms with Crippen LogP contribution in [0.3, 0.4) is 0 Å². The van der Waals surface area contributed by atoms with Crippen LogP contribution in [0.2, 0.25) is 0 Å². The highest BCUT2D eigenvalue weighted by molar-refractivity contribution is 7.15. The molecule has 0 aliphatic heterocycles. The Morgan fingerprint density at radius 2 is 2.17 bits per heavy atom. The van der Waals surface area contributed by atoms with Crippen molar-refractivity contribution in [3.05, 3.63) is 40.4 Å². The second-order valence-electron chi connectivity index (χ2n) is 4.29. The number of aliphatic carboxylic acids is 1. The van der Waals surface area contributed by atoms with Gasteiger partial charge in [0.25, 0.3) is 0 Å². The molecular formula is C14H15NO2S. The van der Waals surface area contributed by atoms with Crippen LogP contribution in [0.5, 0.6) is 0 Å². The second kappa shape index (κ2) is 5.31. The van der Waals surface area contributed by atoms with Gasteiger partial charge in [-0.1, -0.05) is 23.8 Å². The first-order chi connectivity index (χ1) is 8.56. The van der Waals surface area contributed by atoms with Gasteiger partial charge < -0.3 is 5.11 Å². The molecule has 2 aromatic rings. The van der Waals surface area contributed by atoms with Crippen molar-refractivity contribution in [2.75, 3.05) is 0 Å². The summed E-state index contributed by atoms with van der Waals surface area (Å²) in [7, 11) is 0. The first-order valence-corrected chi connectivity index (χ1v) is 6.63. The average molecular weight is 261 g/mol. The maximum Gasteiger partial charge on any atom is 0.303 e. The number of carbonyl (C=O) groups is 1. The van der Waals surface area contributed by atoms with Gasteiger partial charge in [0.15, 0.2) is 0 Å².